The molecule has 20 heavy (non-hydrogen) atoms. The maximum Gasteiger partial charge on any atom is 0.231 e. The van der Waals surface area contributed by atoms with Crippen molar-refractivity contribution in [1.82, 2.24) is 4.90 Å². The Bertz CT molecular complexity index is 561. The summed E-state index contributed by atoms with van der Waals surface area (Å²) < 4.78 is 0. The molecule has 1 saturated heterocycles. The molecule has 1 heterocycles. The number of hydrogen-bond donors (Lipinski definition) is 2. The van der Waals surface area contributed by atoms with Gasteiger partial charge in [-0.05, 0) is 12.1 Å². The first-order valence-corrected chi connectivity index (χ1v) is 6.64. The molecule has 1 aromatic carbocycles. The number of piperazine rings is 1. The number of nitrogens with two attached hydrogens (primary N) is 2. The molecule has 0 radical (unpaired) electrons. The number of nitriles is 1. The second-order valence-corrected chi connectivity index (χ2v) is 5.11. The van der Waals surface area contributed by atoms with Gasteiger partial charge in [-0.25, -0.2) is 0 Å². The average molecular weight is 294 g/mol. The number of nitrogens with zero attached hydrogens (tertiary/aromatic N) is 3. The first kappa shape index (κ1) is 14.4. The topological polar surface area (TPSA) is 99.4 Å². The van der Waals surface area contributed by atoms with Gasteiger partial charge in [0.2, 0.25) is 5.91 Å². The number of anilines is 2. The van der Waals surface area contributed by atoms with E-state index in [2.05, 4.69) is 6.07 Å². The van der Waals surface area contributed by atoms with Crippen LogP contribution in [-0.4, -0.2) is 43.5 Å². The highest BCUT2D eigenvalue weighted by molar-refractivity contribution is 6.32. The number of nitrogen functional groups attached to an aromatic ring is 1. The molecule has 0 unspecified atom stereocenters. The molecule has 0 saturated carbocycles. The largest absolute Gasteiger partial charge is 0.397 e. The van der Waals surface area contributed by atoms with Crippen LogP contribution < -0.4 is 16.4 Å². The van der Waals surface area contributed by atoms with Gasteiger partial charge in [-0.2, -0.15) is 5.26 Å². The minimum Gasteiger partial charge on any atom is -0.397 e. The summed E-state index contributed by atoms with van der Waals surface area (Å²) >= 11 is 6.04. The molecule has 1 fully saturated rings. The third-order valence-electron chi connectivity index (χ3n) is 3.34. The minimum atomic E-state index is -0.335. The van der Waals surface area contributed by atoms with E-state index in [0.717, 1.165) is 0 Å². The van der Waals surface area contributed by atoms with E-state index in [1.807, 2.05) is 9.80 Å². The van der Waals surface area contributed by atoms with E-state index in [4.69, 9.17) is 23.1 Å². The summed E-state index contributed by atoms with van der Waals surface area (Å²) in [6.07, 6.45) is 0. The van der Waals surface area contributed by atoms with Crippen LogP contribution in [0.2, 0.25) is 5.02 Å². The molecule has 0 spiro atoms. The van der Waals surface area contributed by atoms with E-state index in [-0.39, 0.29) is 12.5 Å². The molecular formula is C13H16ClN5O. The van der Waals surface area contributed by atoms with Gasteiger partial charge in [0.25, 0.3) is 0 Å². The molecule has 0 aromatic heterocycles. The fourth-order valence-corrected chi connectivity index (χ4v) is 2.57. The maximum atomic E-state index is 10.9. The number of halogens is 1. The van der Waals surface area contributed by atoms with Crippen LogP contribution in [0.4, 0.5) is 11.4 Å². The van der Waals surface area contributed by atoms with E-state index >= 15 is 0 Å². The normalized spacial score (nSPS) is 15.9. The molecule has 1 aliphatic heterocycles. The van der Waals surface area contributed by atoms with Crippen molar-refractivity contribution in [3.05, 3.63) is 22.7 Å². The van der Waals surface area contributed by atoms with Crippen LogP contribution in [0.25, 0.3) is 0 Å². The molecule has 7 heteroatoms. The Balaban J connectivity index is 2.17. The third kappa shape index (κ3) is 2.95. The van der Waals surface area contributed by atoms with E-state index < -0.39 is 0 Å². The van der Waals surface area contributed by atoms with Crippen LogP contribution >= 0.6 is 11.6 Å². The fourth-order valence-electron chi connectivity index (χ4n) is 2.38. The lowest BCUT2D eigenvalue weighted by molar-refractivity contribution is -0.119. The predicted molar refractivity (Wildman–Crippen MR) is 78.4 cm³/mol. The van der Waals surface area contributed by atoms with E-state index in [9.17, 15) is 10.1 Å². The summed E-state index contributed by atoms with van der Waals surface area (Å²) in [5.74, 6) is -0.335. The fraction of sp³-hybridized carbons (Fsp3) is 0.385. The van der Waals surface area contributed by atoms with Crippen LogP contribution in [0.3, 0.4) is 0 Å². The zero-order valence-corrected chi connectivity index (χ0v) is 11.7. The van der Waals surface area contributed by atoms with Gasteiger partial charge in [-0.3, -0.25) is 9.69 Å². The number of benzene rings is 1. The van der Waals surface area contributed by atoms with Crippen molar-refractivity contribution in [2.45, 2.75) is 0 Å². The number of hydrogen-bond acceptors (Lipinski definition) is 5. The second kappa shape index (κ2) is 5.99. The molecule has 1 aliphatic rings. The van der Waals surface area contributed by atoms with Gasteiger partial charge in [0, 0.05) is 26.2 Å². The van der Waals surface area contributed by atoms with E-state index in [0.29, 0.717) is 48.1 Å². The van der Waals surface area contributed by atoms with Crippen molar-refractivity contribution >= 4 is 28.9 Å². The summed E-state index contributed by atoms with van der Waals surface area (Å²) in [5.41, 5.74) is 12.8. The van der Waals surface area contributed by atoms with Gasteiger partial charge in [0.05, 0.1) is 28.5 Å². The molecule has 2 rings (SSSR count). The molecular weight excluding hydrogens is 278 g/mol. The summed E-state index contributed by atoms with van der Waals surface area (Å²) in [6, 6.07) is 5.43. The highest BCUT2D eigenvalue weighted by atomic mass is 35.5. The number of primary amides is 1. The highest BCUT2D eigenvalue weighted by Gasteiger charge is 2.23. The summed E-state index contributed by atoms with van der Waals surface area (Å²) in [5, 5.41) is 9.64. The van der Waals surface area contributed by atoms with Gasteiger partial charge in [0.15, 0.2) is 0 Å². The highest BCUT2D eigenvalue weighted by Crippen LogP contribution is 2.33. The quantitative estimate of drug-likeness (QED) is 0.786. The van der Waals surface area contributed by atoms with Crippen LogP contribution in [-0.2, 0) is 4.79 Å². The van der Waals surface area contributed by atoms with Gasteiger partial charge in [-0.1, -0.05) is 11.6 Å². The second-order valence-electron chi connectivity index (χ2n) is 4.70. The van der Waals surface area contributed by atoms with Crippen LogP contribution in [0.1, 0.15) is 5.56 Å². The minimum absolute atomic E-state index is 0.254. The molecule has 106 valence electrons. The molecule has 4 N–H and O–H groups in total. The van der Waals surface area contributed by atoms with Gasteiger partial charge >= 0.3 is 0 Å². The third-order valence-corrected chi connectivity index (χ3v) is 3.65. The van der Waals surface area contributed by atoms with Crippen molar-refractivity contribution < 1.29 is 4.79 Å². The first-order chi connectivity index (χ1) is 9.52. The summed E-state index contributed by atoms with van der Waals surface area (Å²) in [7, 11) is 0. The molecule has 0 bridgehead atoms. The summed E-state index contributed by atoms with van der Waals surface area (Å²) in [6.45, 7) is 2.99. The van der Waals surface area contributed by atoms with Gasteiger partial charge in [0.1, 0.15) is 6.07 Å². The Kier molecular flexibility index (Phi) is 4.32. The maximum absolute atomic E-state index is 10.9. The van der Waals surface area contributed by atoms with Crippen molar-refractivity contribution in [2.24, 2.45) is 5.73 Å². The lowest BCUT2D eigenvalue weighted by Gasteiger charge is -2.36. The Morgan fingerprint density at radius 1 is 1.35 bits per heavy atom. The Labute approximate surface area is 122 Å². The lowest BCUT2D eigenvalue weighted by atomic mass is 10.1. The number of carbonyl (C=O) groups excluding carboxylic acids is 1. The van der Waals surface area contributed by atoms with Crippen molar-refractivity contribution in [2.75, 3.05) is 43.4 Å². The first-order valence-electron chi connectivity index (χ1n) is 6.26. The van der Waals surface area contributed by atoms with Crippen LogP contribution in [0.15, 0.2) is 12.1 Å². The predicted octanol–water partition coefficient (Wildman–Crippen LogP) is 0.401. The monoisotopic (exact) mass is 293 g/mol. The SMILES string of the molecule is N#Cc1c(Cl)ccc(N)c1N1CCN(CC(N)=O)CC1. The number of carbonyl (C=O) groups is 1. The number of amides is 1. The molecule has 0 aliphatic carbocycles. The molecule has 6 nitrogen and oxygen atoms in total. The Hall–Kier alpha value is -1.97. The summed E-state index contributed by atoms with van der Waals surface area (Å²) in [4.78, 5) is 14.9. The van der Waals surface area contributed by atoms with Crippen LogP contribution in [0.5, 0.6) is 0 Å². The average Bonchev–Trinajstić information content (AvgIpc) is 2.41. The standard InChI is InChI=1S/C13H16ClN5O/c14-10-1-2-11(16)13(9(10)7-15)19-5-3-18(4-6-19)8-12(17)20/h1-2H,3-6,8,16H2,(H2,17,20). The van der Waals surface area contributed by atoms with E-state index in [1.165, 1.54) is 0 Å². The Morgan fingerprint density at radius 2 is 2.00 bits per heavy atom. The van der Waals surface area contributed by atoms with Crippen LogP contribution in [0, 0.1) is 11.3 Å². The van der Waals surface area contributed by atoms with Crippen molar-refractivity contribution in [3.8, 4) is 6.07 Å². The van der Waals surface area contributed by atoms with E-state index in [1.54, 1.807) is 12.1 Å². The molecule has 1 aromatic rings. The zero-order chi connectivity index (χ0) is 14.7. The van der Waals surface area contributed by atoms with Crippen molar-refractivity contribution in [1.29, 1.82) is 5.26 Å². The zero-order valence-electron chi connectivity index (χ0n) is 11.0. The molecule has 0 atom stereocenters. The number of rotatable bonds is 3. The Morgan fingerprint density at radius 3 is 2.55 bits per heavy atom. The van der Waals surface area contributed by atoms with Gasteiger partial charge < -0.3 is 16.4 Å². The molecule has 1 amide bonds. The van der Waals surface area contributed by atoms with Gasteiger partial charge in [-0.15, -0.1) is 0 Å². The van der Waals surface area contributed by atoms with Crippen molar-refractivity contribution in [3.63, 3.8) is 0 Å². The smallest absolute Gasteiger partial charge is 0.231 e. The lowest BCUT2D eigenvalue weighted by Crippen LogP contribution is -2.49.